The van der Waals surface area contributed by atoms with Crippen molar-refractivity contribution in [1.82, 2.24) is 0 Å². The molecule has 1 saturated carbocycles. The Hall–Kier alpha value is -0.710. The van der Waals surface area contributed by atoms with Crippen LogP contribution in [0.25, 0.3) is 0 Å². The maximum absolute atomic E-state index is 13.1. The molecule has 1 aliphatic rings. The highest BCUT2D eigenvalue weighted by Gasteiger charge is 2.56. The summed E-state index contributed by atoms with van der Waals surface area (Å²) in [7, 11) is 0. The SMILES string of the molecule is N[C@@](c1ccccc1Cl)(C(F)F)C1C[C@H]1O. The molecule has 2 rings (SSSR count). The van der Waals surface area contributed by atoms with Gasteiger partial charge in [-0.3, -0.25) is 0 Å². The molecule has 0 aromatic heterocycles. The van der Waals surface area contributed by atoms with Crippen molar-refractivity contribution in [3.8, 4) is 0 Å². The molecule has 1 unspecified atom stereocenters. The first-order valence-corrected chi connectivity index (χ1v) is 5.35. The van der Waals surface area contributed by atoms with Crippen LogP contribution in [0.1, 0.15) is 12.0 Å². The molecule has 0 radical (unpaired) electrons. The molecule has 16 heavy (non-hydrogen) atoms. The lowest BCUT2D eigenvalue weighted by molar-refractivity contribution is 0.0283. The van der Waals surface area contributed by atoms with Gasteiger partial charge in [0.25, 0.3) is 6.43 Å². The molecule has 88 valence electrons. The van der Waals surface area contributed by atoms with Crippen LogP contribution >= 0.6 is 11.6 Å². The standard InChI is InChI=1S/C11H12ClF2NO/c12-8-4-2-1-3-6(8)11(15,10(13)14)7-5-9(7)16/h1-4,7,9-10,16H,5,15H2/t7?,9-,11-/m1/s1. The minimum absolute atomic E-state index is 0.202. The zero-order valence-corrected chi connectivity index (χ0v) is 9.16. The molecular weight excluding hydrogens is 236 g/mol. The summed E-state index contributed by atoms with van der Waals surface area (Å²) in [6, 6.07) is 6.27. The van der Waals surface area contributed by atoms with E-state index >= 15 is 0 Å². The number of halogens is 3. The average Bonchev–Trinajstić information content (AvgIpc) is 2.95. The Bertz CT molecular complexity index is 401. The number of rotatable bonds is 3. The molecule has 3 atom stereocenters. The van der Waals surface area contributed by atoms with Gasteiger partial charge in [-0.1, -0.05) is 29.8 Å². The zero-order valence-electron chi connectivity index (χ0n) is 8.41. The van der Waals surface area contributed by atoms with Crippen molar-refractivity contribution in [3.63, 3.8) is 0 Å². The van der Waals surface area contributed by atoms with E-state index in [1.54, 1.807) is 12.1 Å². The van der Waals surface area contributed by atoms with Crippen LogP contribution in [0.5, 0.6) is 0 Å². The number of nitrogens with two attached hydrogens (primary N) is 1. The number of aliphatic hydroxyl groups excluding tert-OH is 1. The fourth-order valence-electron chi connectivity index (χ4n) is 1.99. The Labute approximate surface area is 97.0 Å². The van der Waals surface area contributed by atoms with E-state index in [1.165, 1.54) is 12.1 Å². The molecule has 1 aliphatic carbocycles. The van der Waals surface area contributed by atoms with Gasteiger partial charge in [-0.15, -0.1) is 0 Å². The molecule has 0 saturated heterocycles. The van der Waals surface area contributed by atoms with Gasteiger partial charge in [0.1, 0.15) is 5.54 Å². The van der Waals surface area contributed by atoms with Gasteiger partial charge in [-0.05, 0) is 18.1 Å². The number of hydrogen-bond donors (Lipinski definition) is 2. The van der Waals surface area contributed by atoms with Gasteiger partial charge in [0, 0.05) is 10.9 Å². The molecule has 1 aromatic carbocycles. The van der Waals surface area contributed by atoms with Gasteiger partial charge in [-0.25, -0.2) is 8.78 Å². The third-order valence-corrected chi connectivity index (χ3v) is 3.40. The van der Waals surface area contributed by atoms with Gasteiger partial charge in [0.05, 0.1) is 6.10 Å². The second-order valence-corrected chi connectivity index (χ2v) is 4.53. The Morgan fingerprint density at radius 2 is 2.00 bits per heavy atom. The summed E-state index contributed by atoms with van der Waals surface area (Å²) in [6.07, 6.45) is -3.21. The summed E-state index contributed by atoms with van der Waals surface area (Å²) in [5.74, 6) is -0.618. The predicted octanol–water partition coefficient (Wildman–Crippen LogP) is 2.14. The van der Waals surface area contributed by atoms with Gasteiger partial charge >= 0.3 is 0 Å². The molecular formula is C11H12ClF2NO. The van der Waals surface area contributed by atoms with Crippen LogP contribution < -0.4 is 5.73 Å². The van der Waals surface area contributed by atoms with E-state index in [1.807, 2.05) is 0 Å². The number of alkyl halides is 2. The third kappa shape index (κ3) is 1.71. The molecule has 1 aromatic rings. The number of hydrogen-bond acceptors (Lipinski definition) is 2. The van der Waals surface area contributed by atoms with Crippen molar-refractivity contribution in [2.75, 3.05) is 0 Å². The van der Waals surface area contributed by atoms with Crippen LogP contribution in [-0.4, -0.2) is 17.6 Å². The summed E-state index contributed by atoms with van der Waals surface area (Å²) in [6.45, 7) is 0. The molecule has 3 N–H and O–H groups in total. The molecule has 0 spiro atoms. The lowest BCUT2D eigenvalue weighted by atomic mass is 9.86. The van der Waals surface area contributed by atoms with Crippen LogP contribution in [0.3, 0.4) is 0 Å². The van der Waals surface area contributed by atoms with Gasteiger partial charge in [-0.2, -0.15) is 0 Å². The van der Waals surface area contributed by atoms with Gasteiger partial charge in [0.15, 0.2) is 0 Å². The first-order valence-electron chi connectivity index (χ1n) is 4.98. The highest BCUT2D eigenvalue weighted by atomic mass is 35.5. The predicted molar refractivity (Wildman–Crippen MR) is 57.4 cm³/mol. The van der Waals surface area contributed by atoms with Crippen LogP contribution in [0, 0.1) is 5.92 Å². The quantitative estimate of drug-likeness (QED) is 0.860. The van der Waals surface area contributed by atoms with Gasteiger partial charge < -0.3 is 10.8 Å². The normalized spacial score (nSPS) is 27.9. The second kappa shape index (κ2) is 3.95. The lowest BCUT2D eigenvalue weighted by Gasteiger charge is -2.30. The summed E-state index contributed by atoms with van der Waals surface area (Å²) in [4.78, 5) is 0. The minimum atomic E-state index is -2.76. The smallest absolute Gasteiger partial charge is 0.260 e. The highest BCUT2D eigenvalue weighted by Crippen LogP contribution is 2.49. The topological polar surface area (TPSA) is 46.2 Å². The molecule has 0 amide bonds. The Balaban J connectivity index is 2.44. The van der Waals surface area contributed by atoms with Crippen molar-refractivity contribution in [2.45, 2.75) is 24.5 Å². The molecule has 5 heteroatoms. The van der Waals surface area contributed by atoms with E-state index in [0.717, 1.165) is 0 Å². The second-order valence-electron chi connectivity index (χ2n) is 4.12. The van der Waals surface area contributed by atoms with E-state index < -0.39 is 24.0 Å². The monoisotopic (exact) mass is 247 g/mol. The fraction of sp³-hybridized carbons (Fsp3) is 0.455. The zero-order chi connectivity index (χ0) is 11.9. The van der Waals surface area contributed by atoms with Crippen molar-refractivity contribution in [2.24, 2.45) is 11.7 Å². The molecule has 2 nitrogen and oxygen atoms in total. The first kappa shape index (κ1) is 11.8. The summed E-state index contributed by atoms with van der Waals surface area (Å²) in [5, 5.41) is 9.52. The van der Waals surface area contributed by atoms with E-state index in [0.29, 0.717) is 6.42 Å². The number of benzene rings is 1. The van der Waals surface area contributed by atoms with E-state index in [-0.39, 0.29) is 10.6 Å². The van der Waals surface area contributed by atoms with E-state index in [4.69, 9.17) is 17.3 Å². The van der Waals surface area contributed by atoms with Crippen molar-refractivity contribution in [3.05, 3.63) is 34.9 Å². The first-order chi connectivity index (χ1) is 7.48. The summed E-state index contributed by atoms with van der Waals surface area (Å²) < 4.78 is 26.2. The third-order valence-electron chi connectivity index (χ3n) is 3.07. The van der Waals surface area contributed by atoms with Crippen LogP contribution in [0.4, 0.5) is 8.78 Å². The maximum atomic E-state index is 13.1. The number of aliphatic hydroxyl groups is 1. The summed E-state index contributed by atoms with van der Waals surface area (Å²) in [5.41, 5.74) is 4.12. The molecule has 0 aliphatic heterocycles. The molecule has 1 fully saturated rings. The van der Waals surface area contributed by atoms with Crippen LogP contribution in [0.15, 0.2) is 24.3 Å². The minimum Gasteiger partial charge on any atom is -0.393 e. The van der Waals surface area contributed by atoms with Crippen molar-refractivity contribution >= 4 is 11.6 Å². The molecule has 0 bridgehead atoms. The fourth-order valence-corrected chi connectivity index (χ4v) is 2.29. The Morgan fingerprint density at radius 3 is 2.44 bits per heavy atom. The average molecular weight is 248 g/mol. The summed E-state index contributed by atoms with van der Waals surface area (Å²) >= 11 is 5.88. The maximum Gasteiger partial charge on any atom is 0.260 e. The Morgan fingerprint density at radius 1 is 1.44 bits per heavy atom. The highest BCUT2D eigenvalue weighted by molar-refractivity contribution is 6.31. The van der Waals surface area contributed by atoms with Crippen molar-refractivity contribution in [1.29, 1.82) is 0 Å². The van der Waals surface area contributed by atoms with Crippen molar-refractivity contribution < 1.29 is 13.9 Å². The lowest BCUT2D eigenvalue weighted by Crippen LogP contribution is -2.47. The Kier molecular flexibility index (Phi) is 2.90. The van der Waals surface area contributed by atoms with E-state index in [9.17, 15) is 13.9 Å². The largest absolute Gasteiger partial charge is 0.393 e. The van der Waals surface area contributed by atoms with E-state index in [2.05, 4.69) is 0 Å². The van der Waals surface area contributed by atoms with Crippen LogP contribution in [0.2, 0.25) is 5.02 Å². The molecule has 0 heterocycles. The van der Waals surface area contributed by atoms with Gasteiger partial charge in [0.2, 0.25) is 0 Å². The van der Waals surface area contributed by atoms with Crippen LogP contribution in [-0.2, 0) is 5.54 Å².